The molecule has 0 aliphatic carbocycles. The molecule has 1 aromatic carbocycles. The number of benzene rings is 1. The van der Waals surface area contributed by atoms with Crippen molar-refractivity contribution in [2.45, 2.75) is 33.2 Å². The number of fused-ring (bicyclic) bond motifs is 1. The van der Waals surface area contributed by atoms with E-state index in [4.69, 9.17) is 9.15 Å². The van der Waals surface area contributed by atoms with Gasteiger partial charge in [0.25, 0.3) is 5.91 Å². The van der Waals surface area contributed by atoms with E-state index < -0.39 is 24.0 Å². The van der Waals surface area contributed by atoms with Crippen molar-refractivity contribution >= 4 is 22.8 Å². The van der Waals surface area contributed by atoms with Gasteiger partial charge in [0.2, 0.25) is 5.76 Å². The Morgan fingerprint density at radius 3 is 2.65 bits per heavy atom. The molecule has 7 nitrogen and oxygen atoms in total. The average Bonchev–Trinajstić information content (AvgIpc) is 2.59. The van der Waals surface area contributed by atoms with Crippen LogP contribution in [0.4, 0.5) is 0 Å². The molecule has 0 aliphatic rings. The number of hydrogen-bond acceptors (Lipinski definition) is 6. The van der Waals surface area contributed by atoms with Gasteiger partial charge in [-0.05, 0) is 31.9 Å². The van der Waals surface area contributed by atoms with Gasteiger partial charge < -0.3 is 14.5 Å². The van der Waals surface area contributed by atoms with Gasteiger partial charge in [0.15, 0.2) is 12.0 Å². The lowest BCUT2D eigenvalue weighted by Crippen LogP contribution is -2.50. The molecule has 7 heteroatoms. The fraction of sp³-hybridized carbons (Fsp3) is 0.368. The number of esters is 1. The Balaban J connectivity index is 2.10. The van der Waals surface area contributed by atoms with Crippen molar-refractivity contribution in [3.05, 3.63) is 45.8 Å². The molecule has 1 amide bonds. The molecule has 26 heavy (non-hydrogen) atoms. The number of aryl methyl sites for hydroxylation is 1. The summed E-state index contributed by atoms with van der Waals surface area (Å²) in [5.41, 5.74) is -0.293. The number of rotatable bonds is 5. The van der Waals surface area contributed by atoms with Gasteiger partial charge in [-0.25, -0.2) is 4.79 Å². The van der Waals surface area contributed by atoms with Crippen LogP contribution in [0.15, 0.2) is 33.5 Å². The summed E-state index contributed by atoms with van der Waals surface area (Å²) in [6.07, 6.45) is 0. The van der Waals surface area contributed by atoms with Crippen LogP contribution in [0.25, 0.3) is 11.0 Å². The van der Waals surface area contributed by atoms with Crippen LogP contribution >= 0.6 is 0 Å². The van der Waals surface area contributed by atoms with Crippen LogP contribution in [0.5, 0.6) is 0 Å². The standard InChI is InChI=1S/C19H20N2O5/c1-11(2)19(4,10-20)21-17(23)9-25-18(24)16-8-14(22)13-7-12(3)5-6-15(13)26-16/h5-8,11H,9H2,1-4H3,(H,21,23)/t19-/m1/s1. The van der Waals surface area contributed by atoms with E-state index in [-0.39, 0.29) is 22.7 Å². The third-order valence-electron chi connectivity index (χ3n) is 4.20. The summed E-state index contributed by atoms with van der Waals surface area (Å²) in [6, 6.07) is 8.08. The van der Waals surface area contributed by atoms with E-state index in [2.05, 4.69) is 5.32 Å². The highest BCUT2D eigenvalue weighted by Gasteiger charge is 2.30. The Bertz CT molecular complexity index is 955. The van der Waals surface area contributed by atoms with Gasteiger partial charge in [-0.3, -0.25) is 9.59 Å². The minimum atomic E-state index is -1.07. The van der Waals surface area contributed by atoms with Crippen molar-refractivity contribution in [2.75, 3.05) is 6.61 Å². The first kappa shape index (κ1) is 19.2. The highest BCUT2D eigenvalue weighted by atomic mass is 16.5. The summed E-state index contributed by atoms with van der Waals surface area (Å²) in [7, 11) is 0. The molecule has 1 heterocycles. The molecule has 0 saturated carbocycles. The fourth-order valence-electron chi connectivity index (χ4n) is 2.20. The summed E-state index contributed by atoms with van der Waals surface area (Å²) in [4.78, 5) is 36.1. The Labute approximate surface area is 150 Å². The summed E-state index contributed by atoms with van der Waals surface area (Å²) in [6.45, 7) is 6.42. The molecule has 0 saturated heterocycles. The first-order valence-electron chi connectivity index (χ1n) is 8.10. The van der Waals surface area contributed by atoms with E-state index >= 15 is 0 Å². The van der Waals surface area contributed by atoms with Crippen LogP contribution in [0.3, 0.4) is 0 Å². The number of hydrogen-bond donors (Lipinski definition) is 1. The maximum atomic E-state index is 12.1. The summed E-state index contributed by atoms with van der Waals surface area (Å²) in [5, 5.41) is 12.1. The van der Waals surface area contributed by atoms with Crippen molar-refractivity contribution in [1.29, 1.82) is 5.26 Å². The van der Waals surface area contributed by atoms with E-state index in [0.29, 0.717) is 5.39 Å². The topological polar surface area (TPSA) is 109 Å². The third kappa shape index (κ3) is 4.09. The lowest BCUT2D eigenvalue weighted by Gasteiger charge is -2.27. The van der Waals surface area contributed by atoms with E-state index in [9.17, 15) is 19.6 Å². The zero-order valence-electron chi connectivity index (χ0n) is 15.1. The maximum absolute atomic E-state index is 12.1. The predicted molar refractivity (Wildman–Crippen MR) is 94.5 cm³/mol. The Kier molecular flexibility index (Phi) is 5.46. The van der Waals surface area contributed by atoms with Crippen molar-refractivity contribution in [2.24, 2.45) is 5.92 Å². The van der Waals surface area contributed by atoms with Crippen LogP contribution in [0.2, 0.25) is 0 Å². The SMILES string of the molecule is Cc1ccc2oc(C(=O)OCC(=O)N[C@](C)(C#N)C(C)C)cc(=O)c2c1. The molecule has 1 N–H and O–H groups in total. The molecule has 2 rings (SSSR count). The summed E-state index contributed by atoms with van der Waals surface area (Å²) in [5.74, 6) is -1.96. The van der Waals surface area contributed by atoms with Crippen LogP contribution in [-0.2, 0) is 9.53 Å². The zero-order valence-corrected chi connectivity index (χ0v) is 15.1. The number of nitriles is 1. The van der Waals surface area contributed by atoms with Gasteiger partial charge in [-0.15, -0.1) is 0 Å². The second-order valence-corrected chi connectivity index (χ2v) is 6.57. The number of nitrogens with one attached hydrogen (secondary N) is 1. The molecule has 0 fully saturated rings. The molecular formula is C19H20N2O5. The van der Waals surface area contributed by atoms with Gasteiger partial charge in [0.05, 0.1) is 11.5 Å². The number of ether oxygens (including phenoxy) is 1. The van der Waals surface area contributed by atoms with E-state index in [1.807, 2.05) is 13.0 Å². The summed E-state index contributed by atoms with van der Waals surface area (Å²) >= 11 is 0. The Hall–Kier alpha value is -3.14. The smallest absolute Gasteiger partial charge is 0.374 e. The van der Waals surface area contributed by atoms with Gasteiger partial charge in [0, 0.05) is 6.07 Å². The van der Waals surface area contributed by atoms with Gasteiger partial charge in [-0.2, -0.15) is 5.26 Å². The minimum absolute atomic E-state index is 0.130. The van der Waals surface area contributed by atoms with Gasteiger partial charge in [0.1, 0.15) is 11.1 Å². The summed E-state index contributed by atoms with van der Waals surface area (Å²) < 4.78 is 10.3. The number of amides is 1. The average molecular weight is 356 g/mol. The van der Waals surface area contributed by atoms with E-state index in [0.717, 1.165) is 11.6 Å². The van der Waals surface area contributed by atoms with Crippen LogP contribution in [-0.4, -0.2) is 24.0 Å². The molecule has 0 unspecified atom stereocenters. The first-order valence-corrected chi connectivity index (χ1v) is 8.10. The van der Waals surface area contributed by atoms with Crippen molar-refractivity contribution in [1.82, 2.24) is 5.32 Å². The predicted octanol–water partition coefficient (Wildman–Crippen LogP) is 2.31. The number of nitrogens with zero attached hydrogens (tertiary/aromatic N) is 1. The Morgan fingerprint density at radius 2 is 2.04 bits per heavy atom. The lowest BCUT2D eigenvalue weighted by atomic mass is 9.90. The van der Waals surface area contributed by atoms with Crippen molar-refractivity contribution < 1.29 is 18.7 Å². The quantitative estimate of drug-likeness (QED) is 0.823. The molecule has 0 aliphatic heterocycles. The molecule has 1 aromatic heterocycles. The highest BCUT2D eigenvalue weighted by molar-refractivity contribution is 5.91. The van der Waals surface area contributed by atoms with Crippen molar-refractivity contribution in [3.8, 4) is 6.07 Å². The molecule has 136 valence electrons. The monoisotopic (exact) mass is 356 g/mol. The minimum Gasteiger partial charge on any atom is -0.450 e. The molecule has 0 spiro atoms. The first-order chi connectivity index (χ1) is 12.2. The van der Waals surface area contributed by atoms with Crippen LogP contribution in [0, 0.1) is 24.2 Å². The Morgan fingerprint density at radius 1 is 1.35 bits per heavy atom. The van der Waals surface area contributed by atoms with E-state index in [1.165, 1.54) is 0 Å². The lowest BCUT2D eigenvalue weighted by molar-refractivity contribution is -0.125. The third-order valence-corrected chi connectivity index (χ3v) is 4.20. The normalized spacial score (nSPS) is 13.1. The van der Waals surface area contributed by atoms with Crippen molar-refractivity contribution in [3.63, 3.8) is 0 Å². The molecule has 2 aromatic rings. The molecule has 1 atom stereocenters. The van der Waals surface area contributed by atoms with Crippen LogP contribution < -0.4 is 10.7 Å². The molecule has 0 radical (unpaired) electrons. The highest BCUT2D eigenvalue weighted by Crippen LogP contribution is 2.16. The van der Waals surface area contributed by atoms with Crippen LogP contribution in [0.1, 0.15) is 36.9 Å². The second kappa shape index (κ2) is 7.40. The zero-order chi connectivity index (χ0) is 19.5. The number of carbonyl (C=O) groups is 2. The largest absolute Gasteiger partial charge is 0.450 e. The maximum Gasteiger partial charge on any atom is 0.374 e. The van der Waals surface area contributed by atoms with Gasteiger partial charge >= 0.3 is 5.97 Å². The fourth-order valence-corrected chi connectivity index (χ4v) is 2.20. The second-order valence-electron chi connectivity index (χ2n) is 6.57. The number of carbonyl (C=O) groups excluding carboxylic acids is 2. The molecular weight excluding hydrogens is 336 g/mol. The van der Waals surface area contributed by atoms with Gasteiger partial charge in [-0.1, -0.05) is 25.5 Å². The van der Waals surface area contributed by atoms with E-state index in [1.54, 1.807) is 39.0 Å². The molecule has 0 bridgehead atoms.